The molecule has 0 saturated heterocycles. The molecule has 1 amide bonds. The van der Waals surface area contributed by atoms with E-state index in [2.05, 4.69) is 5.32 Å². The molecule has 8 heteroatoms. The van der Waals surface area contributed by atoms with Crippen molar-refractivity contribution in [3.8, 4) is 5.75 Å². The molecule has 0 aromatic heterocycles. The van der Waals surface area contributed by atoms with Gasteiger partial charge in [-0.2, -0.15) is 13.2 Å². The minimum atomic E-state index is -4.36. The van der Waals surface area contributed by atoms with Crippen LogP contribution in [0.2, 0.25) is 5.02 Å². The highest BCUT2D eigenvalue weighted by Crippen LogP contribution is 2.25. The number of carbonyl (C=O) groups excluding carboxylic acids is 1. The Morgan fingerprint density at radius 3 is 2.61 bits per heavy atom. The van der Waals surface area contributed by atoms with Crippen molar-refractivity contribution in [2.75, 3.05) is 18.4 Å². The molecule has 3 N–H and O–H groups in total. The number of halogens is 4. The van der Waals surface area contributed by atoms with Crippen molar-refractivity contribution < 1.29 is 23.1 Å². The van der Waals surface area contributed by atoms with Crippen molar-refractivity contribution in [1.82, 2.24) is 5.32 Å². The van der Waals surface area contributed by atoms with Gasteiger partial charge in [-0.3, -0.25) is 4.79 Å². The van der Waals surface area contributed by atoms with E-state index in [1.165, 1.54) is 18.2 Å². The van der Waals surface area contributed by atoms with Gasteiger partial charge in [-0.25, -0.2) is 0 Å². The molecular formula is C10H10ClF3N2O2. The van der Waals surface area contributed by atoms with Crippen LogP contribution in [0.25, 0.3) is 0 Å². The first-order valence-electron chi connectivity index (χ1n) is 4.84. The predicted molar refractivity (Wildman–Crippen MR) is 60.7 cm³/mol. The SMILES string of the molecule is O=C(CNCC(F)(F)F)Nc1ccc(O)c(Cl)c1. The van der Waals surface area contributed by atoms with E-state index in [1.54, 1.807) is 0 Å². The number of anilines is 1. The van der Waals surface area contributed by atoms with Gasteiger partial charge in [0.05, 0.1) is 18.1 Å². The van der Waals surface area contributed by atoms with Crippen LogP contribution in [0.5, 0.6) is 5.75 Å². The van der Waals surface area contributed by atoms with Crippen molar-refractivity contribution in [2.24, 2.45) is 0 Å². The third-order valence-corrected chi connectivity index (χ3v) is 2.15. The van der Waals surface area contributed by atoms with Crippen LogP contribution in [0.4, 0.5) is 18.9 Å². The lowest BCUT2D eigenvalue weighted by Crippen LogP contribution is -2.35. The summed E-state index contributed by atoms with van der Waals surface area (Å²) < 4.78 is 35.4. The summed E-state index contributed by atoms with van der Waals surface area (Å²) >= 11 is 5.60. The van der Waals surface area contributed by atoms with Gasteiger partial charge in [-0.15, -0.1) is 0 Å². The number of carbonyl (C=O) groups is 1. The van der Waals surface area contributed by atoms with Gasteiger partial charge in [-0.1, -0.05) is 11.6 Å². The van der Waals surface area contributed by atoms with E-state index in [0.29, 0.717) is 0 Å². The minimum absolute atomic E-state index is 0.0380. The summed E-state index contributed by atoms with van der Waals surface area (Å²) in [4.78, 5) is 11.2. The van der Waals surface area contributed by atoms with Crippen molar-refractivity contribution in [3.63, 3.8) is 0 Å². The van der Waals surface area contributed by atoms with Gasteiger partial charge in [0.2, 0.25) is 5.91 Å². The fraction of sp³-hybridized carbons (Fsp3) is 0.300. The maximum absolute atomic E-state index is 11.8. The van der Waals surface area contributed by atoms with Gasteiger partial charge < -0.3 is 15.7 Å². The van der Waals surface area contributed by atoms with Crippen LogP contribution in [-0.4, -0.2) is 30.3 Å². The molecule has 0 radical (unpaired) electrons. The quantitative estimate of drug-likeness (QED) is 0.742. The summed E-state index contributed by atoms with van der Waals surface area (Å²) in [6.45, 7) is -1.71. The standard InChI is InChI=1S/C10H10ClF3N2O2/c11-7-3-6(1-2-8(7)17)16-9(18)4-15-5-10(12,13)14/h1-3,15,17H,4-5H2,(H,16,18). The molecule has 0 aliphatic carbocycles. The minimum Gasteiger partial charge on any atom is -0.506 e. The fourth-order valence-electron chi connectivity index (χ4n) is 1.11. The van der Waals surface area contributed by atoms with Crippen molar-refractivity contribution in [1.29, 1.82) is 0 Å². The Morgan fingerprint density at radius 2 is 2.06 bits per heavy atom. The second-order valence-electron chi connectivity index (χ2n) is 3.43. The first kappa shape index (κ1) is 14.6. The fourth-order valence-corrected chi connectivity index (χ4v) is 1.29. The Kier molecular flexibility index (Phi) is 4.80. The highest BCUT2D eigenvalue weighted by atomic mass is 35.5. The molecule has 0 aliphatic heterocycles. The van der Waals surface area contributed by atoms with Gasteiger partial charge in [-0.05, 0) is 18.2 Å². The van der Waals surface area contributed by atoms with Gasteiger partial charge in [0.15, 0.2) is 0 Å². The molecule has 0 bridgehead atoms. The smallest absolute Gasteiger partial charge is 0.401 e. The van der Waals surface area contributed by atoms with Gasteiger partial charge in [0.1, 0.15) is 5.75 Å². The Labute approximate surface area is 106 Å². The maximum Gasteiger partial charge on any atom is 0.401 e. The first-order valence-corrected chi connectivity index (χ1v) is 5.21. The zero-order valence-electron chi connectivity index (χ0n) is 9.01. The number of rotatable bonds is 4. The van der Waals surface area contributed by atoms with Crippen LogP contribution < -0.4 is 10.6 Å². The lowest BCUT2D eigenvalue weighted by atomic mass is 10.3. The predicted octanol–water partition coefficient (Wildman–Crippen LogP) is 2.14. The molecule has 4 nitrogen and oxygen atoms in total. The average molecular weight is 283 g/mol. The summed E-state index contributed by atoms with van der Waals surface area (Å²) in [6, 6.07) is 3.93. The van der Waals surface area contributed by atoms with Gasteiger partial charge >= 0.3 is 6.18 Å². The summed E-state index contributed by atoms with van der Waals surface area (Å²) in [6.07, 6.45) is -4.36. The number of hydrogen-bond donors (Lipinski definition) is 3. The molecule has 0 spiro atoms. The lowest BCUT2D eigenvalue weighted by Gasteiger charge is -2.09. The monoisotopic (exact) mass is 282 g/mol. The number of nitrogens with one attached hydrogen (secondary N) is 2. The molecule has 0 heterocycles. The number of phenolic OH excluding ortho intramolecular Hbond substituents is 1. The molecule has 1 aromatic rings. The van der Waals surface area contributed by atoms with E-state index < -0.39 is 25.2 Å². The number of aromatic hydroxyl groups is 1. The number of phenols is 1. The second kappa shape index (κ2) is 5.92. The highest BCUT2D eigenvalue weighted by Gasteiger charge is 2.26. The lowest BCUT2D eigenvalue weighted by molar-refractivity contribution is -0.126. The molecular weight excluding hydrogens is 273 g/mol. The van der Waals surface area contributed by atoms with Crippen LogP contribution in [0.15, 0.2) is 18.2 Å². The number of hydrogen-bond acceptors (Lipinski definition) is 3. The first-order chi connectivity index (χ1) is 8.28. The zero-order chi connectivity index (χ0) is 13.8. The Bertz CT molecular complexity index is 438. The van der Waals surface area contributed by atoms with Crippen LogP contribution in [0.3, 0.4) is 0 Å². The maximum atomic E-state index is 11.8. The summed E-state index contributed by atoms with van der Waals surface area (Å²) in [7, 11) is 0. The molecule has 0 saturated carbocycles. The number of alkyl halides is 3. The molecule has 0 aliphatic rings. The molecule has 18 heavy (non-hydrogen) atoms. The van der Waals surface area contributed by atoms with Crippen LogP contribution >= 0.6 is 11.6 Å². The van der Waals surface area contributed by atoms with Crippen LogP contribution in [-0.2, 0) is 4.79 Å². The van der Waals surface area contributed by atoms with Gasteiger partial charge in [0.25, 0.3) is 0 Å². The Balaban J connectivity index is 2.42. The summed E-state index contributed by atoms with van der Waals surface area (Å²) in [5.41, 5.74) is 0.289. The zero-order valence-corrected chi connectivity index (χ0v) is 9.77. The van der Waals surface area contributed by atoms with Gasteiger partial charge in [0, 0.05) is 5.69 Å². The Hall–Kier alpha value is -1.47. The second-order valence-corrected chi connectivity index (χ2v) is 3.84. The van der Waals surface area contributed by atoms with E-state index in [4.69, 9.17) is 16.7 Å². The molecule has 0 unspecified atom stereocenters. The molecule has 0 atom stereocenters. The summed E-state index contributed by atoms with van der Waals surface area (Å²) in [5, 5.41) is 13.4. The topological polar surface area (TPSA) is 61.4 Å². The van der Waals surface area contributed by atoms with Crippen molar-refractivity contribution in [3.05, 3.63) is 23.2 Å². The average Bonchev–Trinajstić information content (AvgIpc) is 2.21. The van der Waals surface area contributed by atoms with E-state index in [0.717, 1.165) is 0 Å². The molecule has 0 fully saturated rings. The third kappa shape index (κ3) is 5.24. The summed E-state index contributed by atoms with van der Waals surface area (Å²) in [5.74, 6) is -0.786. The normalized spacial score (nSPS) is 11.3. The van der Waals surface area contributed by atoms with Crippen molar-refractivity contribution in [2.45, 2.75) is 6.18 Å². The largest absolute Gasteiger partial charge is 0.506 e. The third-order valence-electron chi connectivity index (χ3n) is 1.84. The molecule has 1 aromatic carbocycles. The highest BCUT2D eigenvalue weighted by molar-refractivity contribution is 6.32. The van der Waals surface area contributed by atoms with E-state index in [1.807, 2.05) is 5.32 Å². The molecule has 100 valence electrons. The van der Waals surface area contributed by atoms with E-state index in [-0.39, 0.29) is 16.5 Å². The van der Waals surface area contributed by atoms with E-state index in [9.17, 15) is 18.0 Å². The number of benzene rings is 1. The Morgan fingerprint density at radius 1 is 1.39 bits per heavy atom. The number of amides is 1. The van der Waals surface area contributed by atoms with Crippen molar-refractivity contribution >= 4 is 23.2 Å². The van der Waals surface area contributed by atoms with Crippen LogP contribution in [0, 0.1) is 0 Å². The van der Waals surface area contributed by atoms with E-state index >= 15 is 0 Å². The molecule has 1 rings (SSSR count). The van der Waals surface area contributed by atoms with Crippen LogP contribution in [0.1, 0.15) is 0 Å².